The van der Waals surface area contributed by atoms with Gasteiger partial charge < -0.3 is 10.2 Å². The van der Waals surface area contributed by atoms with Crippen LogP contribution in [0, 0.1) is 37.9 Å². The van der Waals surface area contributed by atoms with Gasteiger partial charge in [0.15, 0.2) is 0 Å². The molecule has 1 aliphatic heterocycles. The van der Waals surface area contributed by atoms with Crippen molar-refractivity contribution in [3.8, 4) is 11.8 Å². The Balaban J connectivity index is 1.40. The first kappa shape index (κ1) is 24.6. The maximum atomic E-state index is 13.9. The fourth-order valence-electron chi connectivity index (χ4n) is 4.25. The van der Waals surface area contributed by atoms with E-state index in [1.165, 1.54) is 23.5 Å². The lowest BCUT2D eigenvalue weighted by atomic mass is 10.2. The van der Waals surface area contributed by atoms with Gasteiger partial charge in [0, 0.05) is 42.9 Å². The van der Waals surface area contributed by atoms with Crippen LogP contribution in [0.3, 0.4) is 0 Å². The molecule has 2 aromatic heterocycles. The Labute approximate surface area is 207 Å². The number of benzene rings is 1. The van der Waals surface area contributed by atoms with Crippen LogP contribution in [-0.4, -0.2) is 63.9 Å². The minimum atomic E-state index is -0.401. The number of halogens is 1. The molecule has 3 heterocycles. The van der Waals surface area contributed by atoms with E-state index in [0.717, 1.165) is 22.0 Å². The topological polar surface area (TPSA) is 94.3 Å². The molecule has 2 amide bonds. The summed E-state index contributed by atoms with van der Waals surface area (Å²) >= 11 is 1.49. The molecule has 1 N–H and O–H groups in total. The molecule has 0 unspecified atom stereocenters. The van der Waals surface area contributed by atoms with Gasteiger partial charge in [0.2, 0.25) is 11.8 Å². The maximum absolute atomic E-state index is 13.9. The molecule has 3 aromatic rings. The van der Waals surface area contributed by atoms with Crippen molar-refractivity contribution in [3.63, 3.8) is 0 Å². The van der Waals surface area contributed by atoms with Crippen LogP contribution in [0.1, 0.15) is 27.5 Å². The summed E-state index contributed by atoms with van der Waals surface area (Å²) in [5.41, 5.74) is 3.29. The van der Waals surface area contributed by atoms with Gasteiger partial charge in [-0.3, -0.25) is 19.1 Å². The lowest BCUT2D eigenvalue weighted by Crippen LogP contribution is -2.50. The van der Waals surface area contributed by atoms with E-state index >= 15 is 0 Å². The first-order valence-corrected chi connectivity index (χ1v) is 12.2. The fourth-order valence-corrected chi connectivity index (χ4v) is 5.02. The zero-order valence-electron chi connectivity index (χ0n) is 20.0. The molecule has 0 radical (unpaired) electrons. The number of piperazine rings is 1. The van der Waals surface area contributed by atoms with Gasteiger partial charge in [-0.1, -0.05) is 6.07 Å². The minimum Gasteiger partial charge on any atom is -0.340 e. The Morgan fingerprint density at radius 2 is 1.94 bits per heavy atom. The van der Waals surface area contributed by atoms with Gasteiger partial charge in [0.25, 0.3) is 0 Å². The molecule has 0 saturated carbocycles. The van der Waals surface area contributed by atoms with E-state index in [4.69, 9.17) is 0 Å². The van der Waals surface area contributed by atoms with Crippen LogP contribution in [0.15, 0.2) is 29.6 Å². The number of nitriles is 1. The number of aromatic nitrogens is 2. The third kappa shape index (κ3) is 5.42. The average molecular weight is 495 g/mol. The van der Waals surface area contributed by atoms with Gasteiger partial charge in [-0.15, -0.1) is 11.3 Å². The van der Waals surface area contributed by atoms with E-state index in [0.29, 0.717) is 49.7 Å². The van der Waals surface area contributed by atoms with E-state index in [-0.39, 0.29) is 18.4 Å². The standard InChI is InChI=1S/C25H27FN6O2S/c1-16-15-35-23(28-16)12-24(34)31-9-7-30(8-10-31)14-22(33)29-25-21(13-27)17(2)18(3)32(25)20-6-4-5-19(26)11-20/h4-6,11,15H,7-10,12,14H2,1-3H3,(H,29,33). The van der Waals surface area contributed by atoms with Crippen LogP contribution in [0.4, 0.5) is 10.2 Å². The number of amides is 2. The van der Waals surface area contributed by atoms with Gasteiger partial charge in [0.05, 0.1) is 24.2 Å². The molecule has 8 nitrogen and oxygen atoms in total. The predicted molar refractivity (Wildman–Crippen MR) is 132 cm³/mol. The average Bonchev–Trinajstić information content (AvgIpc) is 3.33. The Morgan fingerprint density at radius 1 is 1.20 bits per heavy atom. The Hall–Kier alpha value is -3.55. The second kappa shape index (κ2) is 10.4. The summed E-state index contributed by atoms with van der Waals surface area (Å²) in [6, 6.07) is 8.21. The molecule has 0 spiro atoms. The third-order valence-corrected chi connectivity index (χ3v) is 7.18. The molecule has 1 aromatic carbocycles. The second-order valence-electron chi connectivity index (χ2n) is 8.63. The molecular weight excluding hydrogens is 467 g/mol. The molecule has 1 saturated heterocycles. The summed E-state index contributed by atoms with van der Waals surface area (Å²) in [7, 11) is 0. The van der Waals surface area contributed by atoms with E-state index < -0.39 is 5.82 Å². The van der Waals surface area contributed by atoms with Crippen molar-refractivity contribution in [1.29, 1.82) is 5.26 Å². The number of hydrogen-bond donors (Lipinski definition) is 1. The number of nitrogens with zero attached hydrogens (tertiary/aromatic N) is 5. The van der Waals surface area contributed by atoms with Crippen LogP contribution in [0.25, 0.3) is 5.69 Å². The molecule has 182 valence electrons. The lowest BCUT2D eigenvalue weighted by Gasteiger charge is -2.34. The van der Waals surface area contributed by atoms with Crippen LogP contribution in [0.5, 0.6) is 0 Å². The van der Waals surface area contributed by atoms with Crippen LogP contribution >= 0.6 is 11.3 Å². The highest BCUT2D eigenvalue weighted by Gasteiger charge is 2.25. The predicted octanol–water partition coefficient (Wildman–Crippen LogP) is 3.20. The second-order valence-corrected chi connectivity index (χ2v) is 9.57. The summed E-state index contributed by atoms with van der Waals surface area (Å²) in [5.74, 6) is -0.289. The number of nitrogens with one attached hydrogen (secondary N) is 1. The maximum Gasteiger partial charge on any atom is 0.239 e. The lowest BCUT2D eigenvalue weighted by molar-refractivity contribution is -0.132. The molecule has 0 atom stereocenters. The van der Waals surface area contributed by atoms with Crippen LogP contribution in [-0.2, 0) is 16.0 Å². The number of anilines is 1. The molecule has 0 aliphatic carbocycles. The van der Waals surface area contributed by atoms with Crippen molar-refractivity contribution < 1.29 is 14.0 Å². The number of carbonyl (C=O) groups excluding carboxylic acids is 2. The fraction of sp³-hybridized carbons (Fsp3) is 0.360. The summed E-state index contributed by atoms with van der Waals surface area (Å²) in [5, 5.41) is 15.3. The first-order chi connectivity index (χ1) is 16.8. The quantitative estimate of drug-likeness (QED) is 0.568. The number of thiazole rings is 1. The number of carbonyl (C=O) groups is 2. The number of aryl methyl sites for hydroxylation is 1. The first-order valence-electron chi connectivity index (χ1n) is 11.4. The van der Waals surface area contributed by atoms with E-state index in [1.807, 2.05) is 31.1 Å². The highest BCUT2D eigenvalue weighted by atomic mass is 32.1. The SMILES string of the molecule is Cc1csc(CC(=O)N2CCN(CC(=O)Nc3c(C#N)c(C)c(C)n3-c3cccc(F)c3)CC2)n1. The summed E-state index contributed by atoms with van der Waals surface area (Å²) in [6.45, 7) is 7.91. The monoisotopic (exact) mass is 494 g/mol. The molecule has 4 rings (SSSR count). The van der Waals surface area contributed by atoms with Crippen molar-refractivity contribution >= 4 is 29.0 Å². The molecule has 35 heavy (non-hydrogen) atoms. The van der Waals surface area contributed by atoms with Crippen molar-refractivity contribution in [3.05, 3.63) is 63.0 Å². The van der Waals surface area contributed by atoms with Crippen molar-refractivity contribution in [2.45, 2.75) is 27.2 Å². The zero-order chi connectivity index (χ0) is 25.1. The van der Waals surface area contributed by atoms with E-state index in [2.05, 4.69) is 16.4 Å². The molecule has 10 heteroatoms. The number of hydrogen-bond acceptors (Lipinski definition) is 6. The largest absolute Gasteiger partial charge is 0.340 e. The van der Waals surface area contributed by atoms with E-state index in [1.54, 1.807) is 21.6 Å². The van der Waals surface area contributed by atoms with Gasteiger partial charge in [-0.05, 0) is 44.5 Å². The van der Waals surface area contributed by atoms with Crippen molar-refractivity contribution in [2.75, 3.05) is 38.0 Å². The Bertz CT molecular complexity index is 1300. The minimum absolute atomic E-state index is 0.0426. The summed E-state index contributed by atoms with van der Waals surface area (Å²) in [6.07, 6.45) is 0.297. The highest BCUT2D eigenvalue weighted by Crippen LogP contribution is 2.30. The summed E-state index contributed by atoms with van der Waals surface area (Å²) < 4.78 is 15.6. The molecular formula is C25H27FN6O2S. The van der Waals surface area contributed by atoms with Gasteiger partial charge in [-0.25, -0.2) is 9.37 Å². The van der Waals surface area contributed by atoms with Crippen molar-refractivity contribution in [1.82, 2.24) is 19.4 Å². The van der Waals surface area contributed by atoms with Gasteiger partial charge in [-0.2, -0.15) is 5.26 Å². The smallest absolute Gasteiger partial charge is 0.239 e. The highest BCUT2D eigenvalue weighted by molar-refractivity contribution is 7.09. The van der Waals surface area contributed by atoms with Crippen LogP contribution < -0.4 is 5.32 Å². The molecule has 0 bridgehead atoms. The third-order valence-electron chi connectivity index (χ3n) is 6.21. The van der Waals surface area contributed by atoms with Crippen molar-refractivity contribution in [2.24, 2.45) is 0 Å². The van der Waals surface area contributed by atoms with Gasteiger partial charge in [0.1, 0.15) is 22.7 Å². The molecule has 1 aliphatic rings. The summed E-state index contributed by atoms with van der Waals surface area (Å²) in [4.78, 5) is 33.7. The van der Waals surface area contributed by atoms with E-state index in [9.17, 15) is 19.2 Å². The van der Waals surface area contributed by atoms with Crippen LogP contribution in [0.2, 0.25) is 0 Å². The molecule has 1 fully saturated rings. The number of rotatable bonds is 6. The normalized spacial score (nSPS) is 14.1. The zero-order valence-corrected chi connectivity index (χ0v) is 20.8. The Morgan fingerprint density at radius 3 is 2.57 bits per heavy atom. The Kier molecular flexibility index (Phi) is 7.28. The van der Waals surface area contributed by atoms with Gasteiger partial charge >= 0.3 is 0 Å².